The number of anilines is 1. The second-order valence-corrected chi connectivity index (χ2v) is 8.19. The monoisotopic (exact) mass is 368 g/mol. The summed E-state index contributed by atoms with van der Waals surface area (Å²) in [7, 11) is -2.31. The molecule has 0 aliphatic carbocycles. The van der Waals surface area contributed by atoms with Gasteiger partial charge >= 0.3 is 0 Å². The van der Waals surface area contributed by atoms with E-state index in [0.717, 1.165) is 20.6 Å². The van der Waals surface area contributed by atoms with Crippen LogP contribution in [0.3, 0.4) is 0 Å². The number of hydrogen-bond donors (Lipinski definition) is 1. The first-order valence-electron chi connectivity index (χ1n) is 8.18. The number of benzene rings is 3. The van der Waals surface area contributed by atoms with Gasteiger partial charge in [0.05, 0.1) is 11.4 Å². The average Bonchev–Trinajstić information content (AvgIpc) is 2.62. The molecule has 0 bridgehead atoms. The minimum Gasteiger partial charge on any atom is -0.324 e. The van der Waals surface area contributed by atoms with Gasteiger partial charge in [-0.25, -0.2) is 8.42 Å². The Bertz CT molecular complexity index is 1040. The average molecular weight is 368 g/mol. The molecule has 0 atom stereocenters. The highest BCUT2D eigenvalue weighted by Gasteiger charge is 2.23. The molecule has 0 aromatic heterocycles. The molecule has 0 radical (unpaired) electrons. The molecular weight excluding hydrogens is 348 g/mol. The number of carbonyl (C=O) groups excluding carboxylic acids is 1. The van der Waals surface area contributed by atoms with Gasteiger partial charge in [-0.15, -0.1) is 0 Å². The lowest BCUT2D eigenvalue weighted by Gasteiger charge is -2.17. The number of nitrogens with one attached hydrogen (secondary N) is 1. The zero-order chi connectivity index (χ0) is 18.7. The fourth-order valence-corrected chi connectivity index (χ4v) is 3.83. The summed E-state index contributed by atoms with van der Waals surface area (Å²) in [6, 6.07) is 19.9. The zero-order valence-corrected chi connectivity index (χ0v) is 15.5. The number of rotatable bonds is 5. The number of likely N-dealkylation sites (N-methyl/N-ethyl adjacent to an activating group) is 1. The summed E-state index contributed by atoms with van der Waals surface area (Å²) in [4.78, 5) is 12.6. The highest BCUT2D eigenvalue weighted by Crippen LogP contribution is 2.23. The Morgan fingerprint density at radius 3 is 2.35 bits per heavy atom. The highest BCUT2D eigenvalue weighted by molar-refractivity contribution is 7.89. The summed E-state index contributed by atoms with van der Waals surface area (Å²) < 4.78 is 26.2. The van der Waals surface area contributed by atoms with Crippen LogP contribution in [0.25, 0.3) is 10.8 Å². The maximum Gasteiger partial charge on any atom is 0.243 e. The zero-order valence-electron chi connectivity index (χ0n) is 14.6. The Hall–Kier alpha value is -2.70. The van der Waals surface area contributed by atoms with Crippen LogP contribution in [0.2, 0.25) is 0 Å². The van der Waals surface area contributed by atoms with Crippen molar-refractivity contribution in [1.82, 2.24) is 4.31 Å². The molecule has 3 aromatic carbocycles. The van der Waals surface area contributed by atoms with Crippen LogP contribution < -0.4 is 5.32 Å². The summed E-state index contributed by atoms with van der Waals surface area (Å²) in [5.74, 6) is -0.389. The van der Waals surface area contributed by atoms with Gasteiger partial charge in [0.2, 0.25) is 15.9 Å². The molecule has 0 spiro atoms. The molecule has 0 saturated carbocycles. The Kier molecular flexibility index (Phi) is 5.06. The Morgan fingerprint density at radius 2 is 1.62 bits per heavy atom. The van der Waals surface area contributed by atoms with Gasteiger partial charge < -0.3 is 5.32 Å². The summed E-state index contributed by atoms with van der Waals surface area (Å²) >= 11 is 0. The minimum atomic E-state index is -3.71. The van der Waals surface area contributed by atoms with Crippen molar-refractivity contribution in [2.75, 3.05) is 18.9 Å². The predicted octanol–water partition coefficient (Wildman–Crippen LogP) is 3.41. The van der Waals surface area contributed by atoms with Gasteiger partial charge in [-0.05, 0) is 30.5 Å². The third kappa shape index (κ3) is 3.76. The normalized spacial score (nSPS) is 11.7. The predicted molar refractivity (Wildman–Crippen MR) is 104 cm³/mol. The lowest BCUT2D eigenvalue weighted by Crippen LogP contribution is -2.35. The maximum absolute atomic E-state index is 12.6. The molecule has 0 fully saturated rings. The molecule has 0 unspecified atom stereocenters. The van der Waals surface area contributed by atoms with Crippen molar-refractivity contribution >= 4 is 32.4 Å². The fourth-order valence-electron chi connectivity index (χ4n) is 2.70. The van der Waals surface area contributed by atoms with E-state index in [9.17, 15) is 13.2 Å². The summed E-state index contributed by atoms with van der Waals surface area (Å²) in [5.41, 5.74) is 1.63. The Balaban J connectivity index is 1.76. The van der Waals surface area contributed by atoms with E-state index in [0.29, 0.717) is 5.69 Å². The van der Waals surface area contributed by atoms with Crippen LogP contribution >= 0.6 is 0 Å². The van der Waals surface area contributed by atoms with Crippen molar-refractivity contribution in [3.8, 4) is 0 Å². The van der Waals surface area contributed by atoms with Crippen LogP contribution in [0.1, 0.15) is 5.56 Å². The van der Waals surface area contributed by atoms with Crippen molar-refractivity contribution < 1.29 is 13.2 Å². The molecule has 0 saturated heterocycles. The van der Waals surface area contributed by atoms with Gasteiger partial charge in [0.1, 0.15) is 0 Å². The van der Waals surface area contributed by atoms with Crippen molar-refractivity contribution in [1.29, 1.82) is 0 Å². The molecule has 1 N–H and O–H groups in total. The van der Waals surface area contributed by atoms with Gasteiger partial charge in [0.15, 0.2) is 0 Å². The van der Waals surface area contributed by atoms with Gasteiger partial charge in [0, 0.05) is 18.1 Å². The molecule has 5 nitrogen and oxygen atoms in total. The topological polar surface area (TPSA) is 66.5 Å². The quantitative estimate of drug-likeness (QED) is 0.750. The molecule has 3 rings (SSSR count). The molecule has 26 heavy (non-hydrogen) atoms. The summed E-state index contributed by atoms with van der Waals surface area (Å²) in [5, 5.41) is 4.72. The molecule has 6 heteroatoms. The van der Waals surface area contributed by atoms with E-state index in [1.807, 2.05) is 43.3 Å². The summed E-state index contributed by atoms with van der Waals surface area (Å²) in [6.07, 6.45) is 0. The van der Waals surface area contributed by atoms with Crippen LogP contribution in [0.15, 0.2) is 71.6 Å². The molecule has 134 valence electrons. The van der Waals surface area contributed by atoms with E-state index >= 15 is 0 Å². The van der Waals surface area contributed by atoms with Gasteiger partial charge in [-0.3, -0.25) is 4.79 Å². The van der Waals surface area contributed by atoms with E-state index in [-0.39, 0.29) is 17.3 Å². The van der Waals surface area contributed by atoms with Crippen LogP contribution in [-0.2, 0) is 14.8 Å². The molecule has 0 aliphatic rings. The first-order chi connectivity index (χ1) is 12.4. The maximum atomic E-state index is 12.6. The number of aryl methyl sites for hydroxylation is 1. The first-order valence-corrected chi connectivity index (χ1v) is 9.62. The van der Waals surface area contributed by atoms with E-state index in [1.54, 1.807) is 30.3 Å². The number of carbonyl (C=O) groups is 1. The summed E-state index contributed by atoms with van der Waals surface area (Å²) in [6.45, 7) is 1.62. The van der Waals surface area contributed by atoms with E-state index < -0.39 is 10.0 Å². The molecule has 3 aromatic rings. The van der Waals surface area contributed by atoms with Crippen molar-refractivity contribution in [2.45, 2.75) is 11.8 Å². The molecule has 1 amide bonds. The van der Waals surface area contributed by atoms with Crippen LogP contribution in [0.4, 0.5) is 5.69 Å². The second kappa shape index (κ2) is 7.27. The standard InChI is InChI=1S/C20H20N2O3S/c1-15-10-12-17(13-11-15)26(24,25)22(2)14-20(23)21-19-9-5-7-16-6-3-4-8-18(16)19/h3-13H,14H2,1-2H3,(H,21,23). The lowest BCUT2D eigenvalue weighted by molar-refractivity contribution is -0.116. The molecule has 0 aliphatic heterocycles. The van der Waals surface area contributed by atoms with E-state index in [2.05, 4.69) is 5.32 Å². The number of fused-ring (bicyclic) bond motifs is 1. The smallest absolute Gasteiger partial charge is 0.243 e. The number of sulfonamides is 1. The third-order valence-electron chi connectivity index (χ3n) is 4.16. The van der Waals surface area contributed by atoms with E-state index in [4.69, 9.17) is 0 Å². The second-order valence-electron chi connectivity index (χ2n) is 6.15. The van der Waals surface area contributed by atoms with Crippen molar-refractivity contribution in [2.24, 2.45) is 0 Å². The fraction of sp³-hybridized carbons (Fsp3) is 0.150. The van der Waals surface area contributed by atoms with Crippen LogP contribution in [0.5, 0.6) is 0 Å². The van der Waals surface area contributed by atoms with Gasteiger partial charge in [-0.1, -0.05) is 54.1 Å². The SMILES string of the molecule is Cc1ccc(S(=O)(=O)N(C)CC(=O)Nc2cccc3ccccc23)cc1. The van der Waals surface area contributed by atoms with Crippen molar-refractivity contribution in [3.63, 3.8) is 0 Å². The van der Waals surface area contributed by atoms with Crippen LogP contribution in [-0.4, -0.2) is 32.2 Å². The number of nitrogens with zero attached hydrogens (tertiary/aromatic N) is 1. The van der Waals surface area contributed by atoms with E-state index in [1.165, 1.54) is 7.05 Å². The largest absolute Gasteiger partial charge is 0.324 e. The minimum absolute atomic E-state index is 0.170. The number of amides is 1. The third-order valence-corrected chi connectivity index (χ3v) is 5.98. The van der Waals surface area contributed by atoms with Gasteiger partial charge in [-0.2, -0.15) is 4.31 Å². The lowest BCUT2D eigenvalue weighted by atomic mass is 10.1. The number of hydrogen-bond acceptors (Lipinski definition) is 3. The molecule has 0 heterocycles. The van der Waals surface area contributed by atoms with Crippen LogP contribution in [0, 0.1) is 6.92 Å². The van der Waals surface area contributed by atoms with Gasteiger partial charge in [0.25, 0.3) is 0 Å². The Labute approximate surface area is 153 Å². The highest BCUT2D eigenvalue weighted by atomic mass is 32.2. The Morgan fingerprint density at radius 1 is 0.962 bits per heavy atom. The molecular formula is C20H20N2O3S. The van der Waals surface area contributed by atoms with Crippen molar-refractivity contribution in [3.05, 3.63) is 72.3 Å². The first kappa shape index (κ1) is 18.1.